The van der Waals surface area contributed by atoms with Crippen LogP contribution in [0.1, 0.15) is 26.3 Å². The molecule has 0 aliphatic carbocycles. The zero-order valence-corrected chi connectivity index (χ0v) is 15.8. The SMILES string of the molecule is COC(=O)c1cccc(C(=O)NC(=S)NNC(=O)Cc2ccc(Cl)cc2)c1. The summed E-state index contributed by atoms with van der Waals surface area (Å²) in [7, 11) is 1.25. The number of amides is 2. The highest BCUT2D eigenvalue weighted by atomic mass is 35.5. The Bertz CT molecular complexity index is 871. The molecule has 0 bridgehead atoms. The van der Waals surface area contributed by atoms with Crippen molar-refractivity contribution in [1.29, 1.82) is 0 Å². The van der Waals surface area contributed by atoms with E-state index in [1.54, 1.807) is 30.3 Å². The zero-order chi connectivity index (χ0) is 19.8. The molecule has 2 aromatic carbocycles. The highest BCUT2D eigenvalue weighted by molar-refractivity contribution is 7.80. The van der Waals surface area contributed by atoms with Gasteiger partial charge in [0, 0.05) is 10.6 Å². The van der Waals surface area contributed by atoms with Crippen LogP contribution in [-0.4, -0.2) is 30.0 Å². The van der Waals surface area contributed by atoms with Crippen molar-refractivity contribution in [3.05, 3.63) is 70.2 Å². The van der Waals surface area contributed by atoms with Gasteiger partial charge in [0.15, 0.2) is 5.11 Å². The lowest BCUT2D eigenvalue weighted by atomic mass is 10.1. The number of hydrogen-bond acceptors (Lipinski definition) is 5. The summed E-state index contributed by atoms with van der Waals surface area (Å²) >= 11 is 10.8. The van der Waals surface area contributed by atoms with Crippen LogP contribution in [0.2, 0.25) is 5.02 Å². The van der Waals surface area contributed by atoms with Crippen molar-refractivity contribution < 1.29 is 19.1 Å². The van der Waals surface area contributed by atoms with E-state index in [0.717, 1.165) is 5.56 Å². The second-order valence-electron chi connectivity index (χ2n) is 5.33. The number of esters is 1. The normalized spacial score (nSPS) is 9.85. The molecule has 3 N–H and O–H groups in total. The molecule has 0 radical (unpaired) electrons. The van der Waals surface area contributed by atoms with Gasteiger partial charge in [-0.2, -0.15) is 0 Å². The molecule has 140 valence electrons. The number of nitrogens with one attached hydrogen (secondary N) is 3. The average Bonchev–Trinajstić information content (AvgIpc) is 2.67. The summed E-state index contributed by atoms with van der Waals surface area (Å²) in [6.07, 6.45) is 0.113. The van der Waals surface area contributed by atoms with E-state index in [1.165, 1.54) is 25.3 Å². The molecule has 0 saturated heterocycles. The third-order valence-corrected chi connectivity index (χ3v) is 3.82. The summed E-state index contributed by atoms with van der Waals surface area (Å²) in [5, 5.41) is 2.90. The summed E-state index contributed by atoms with van der Waals surface area (Å²) in [4.78, 5) is 35.6. The number of thiocarbonyl (C=S) groups is 1. The summed E-state index contributed by atoms with van der Waals surface area (Å²) in [6, 6.07) is 12.8. The molecule has 0 fully saturated rings. The van der Waals surface area contributed by atoms with Crippen molar-refractivity contribution in [3.63, 3.8) is 0 Å². The zero-order valence-electron chi connectivity index (χ0n) is 14.2. The molecule has 2 rings (SSSR count). The van der Waals surface area contributed by atoms with Crippen molar-refractivity contribution in [2.45, 2.75) is 6.42 Å². The van der Waals surface area contributed by atoms with Crippen molar-refractivity contribution in [3.8, 4) is 0 Å². The highest BCUT2D eigenvalue weighted by Crippen LogP contribution is 2.09. The largest absolute Gasteiger partial charge is 0.465 e. The standard InChI is InChI=1S/C18H16ClN3O4S/c1-26-17(25)13-4-2-3-12(10-13)16(24)20-18(27)22-21-15(23)9-11-5-7-14(19)8-6-11/h2-8,10H,9H2,1H3,(H,21,23)(H2,20,22,24,27). The molecular weight excluding hydrogens is 390 g/mol. The lowest BCUT2D eigenvalue weighted by Gasteiger charge is -2.11. The van der Waals surface area contributed by atoms with Crippen LogP contribution >= 0.6 is 23.8 Å². The molecule has 7 nitrogen and oxygen atoms in total. The molecule has 0 aliphatic heterocycles. The quantitative estimate of drug-likeness (QED) is 0.409. The van der Waals surface area contributed by atoms with Gasteiger partial charge in [-0.1, -0.05) is 29.8 Å². The van der Waals surface area contributed by atoms with E-state index in [-0.39, 0.29) is 28.6 Å². The number of ether oxygens (including phenoxy) is 1. The van der Waals surface area contributed by atoms with Crippen LogP contribution in [0.25, 0.3) is 0 Å². The molecule has 0 aliphatic rings. The minimum atomic E-state index is -0.556. The van der Waals surface area contributed by atoms with Gasteiger partial charge in [0.25, 0.3) is 5.91 Å². The Morgan fingerprint density at radius 1 is 1.04 bits per heavy atom. The average molecular weight is 406 g/mol. The fourth-order valence-electron chi connectivity index (χ4n) is 2.07. The first-order chi connectivity index (χ1) is 12.9. The number of benzene rings is 2. The molecule has 0 saturated carbocycles. The minimum absolute atomic E-state index is 0.0899. The highest BCUT2D eigenvalue weighted by Gasteiger charge is 2.12. The Morgan fingerprint density at radius 2 is 1.70 bits per heavy atom. The summed E-state index contributed by atoms with van der Waals surface area (Å²) < 4.78 is 4.61. The van der Waals surface area contributed by atoms with Crippen LogP contribution in [0.3, 0.4) is 0 Å². The van der Waals surface area contributed by atoms with Gasteiger partial charge in [-0.3, -0.25) is 25.8 Å². The van der Waals surface area contributed by atoms with Crippen molar-refractivity contribution in [2.24, 2.45) is 0 Å². The maximum Gasteiger partial charge on any atom is 0.337 e. The fraction of sp³-hybridized carbons (Fsp3) is 0.111. The molecule has 0 heterocycles. The summed E-state index contributed by atoms with van der Waals surface area (Å²) in [5.74, 6) is -1.44. The third kappa shape index (κ3) is 6.36. The first-order valence-electron chi connectivity index (χ1n) is 7.72. The minimum Gasteiger partial charge on any atom is -0.465 e. The maximum absolute atomic E-state index is 12.2. The van der Waals surface area contributed by atoms with Crippen molar-refractivity contribution in [1.82, 2.24) is 16.2 Å². The van der Waals surface area contributed by atoms with Gasteiger partial charge in [0.1, 0.15) is 0 Å². The molecular formula is C18H16ClN3O4S. The van der Waals surface area contributed by atoms with E-state index in [2.05, 4.69) is 20.9 Å². The lowest BCUT2D eigenvalue weighted by Crippen LogP contribution is -2.48. The van der Waals surface area contributed by atoms with Crippen LogP contribution in [0.5, 0.6) is 0 Å². The number of carbonyl (C=O) groups excluding carboxylic acids is 3. The second-order valence-corrected chi connectivity index (χ2v) is 6.18. The van der Waals surface area contributed by atoms with Crippen LogP contribution < -0.4 is 16.2 Å². The van der Waals surface area contributed by atoms with Crippen LogP contribution in [0.15, 0.2) is 48.5 Å². The number of hydrogen-bond donors (Lipinski definition) is 3. The van der Waals surface area contributed by atoms with E-state index < -0.39 is 11.9 Å². The van der Waals surface area contributed by atoms with Crippen LogP contribution in [0, 0.1) is 0 Å². The summed E-state index contributed by atoms with van der Waals surface area (Å²) in [5.41, 5.74) is 6.06. The number of methoxy groups -OCH3 is 1. The lowest BCUT2D eigenvalue weighted by molar-refractivity contribution is -0.121. The molecule has 27 heavy (non-hydrogen) atoms. The molecule has 2 amide bonds. The molecule has 9 heteroatoms. The number of rotatable bonds is 4. The molecule has 0 unspecified atom stereocenters. The van der Waals surface area contributed by atoms with Crippen molar-refractivity contribution >= 4 is 46.7 Å². The van der Waals surface area contributed by atoms with Gasteiger partial charge in [-0.15, -0.1) is 0 Å². The Kier molecular flexibility index (Phi) is 7.27. The first-order valence-corrected chi connectivity index (χ1v) is 8.50. The Morgan fingerprint density at radius 3 is 2.37 bits per heavy atom. The van der Waals surface area contributed by atoms with Gasteiger partial charge in [-0.05, 0) is 48.1 Å². The smallest absolute Gasteiger partial charge is 0.337 e. The van der Waals surface area contributed by atoms with Gasteiger partial charge in [0.2, 0.25) is 5.91 Å². The topological polar surface area (TPSA) is 96.5 Å². The third-order valence-electron chi connectivity index (χ3n) is 3.37. The predicted octanol–water partition coefficient (Wildman–Crippen LogP) is 2.00. The first kappa shape index (κ1) is 20.3. The van der Waals surface area contributed by atoms with E-state index in [0.29, 0.717) is 5.02 Å². The molecule has 0 atom stereocenters. The monoisotopic (exact) mass is 405 g/mol. The Labute approximate surface area is 166 Å². The van der Waals surface area contributed by atoms with Crippen molar-refractivity contribution in [2.75, 3.05) is 7.11 Å². The number of halogens is 1. The van der Waals surface area contributed by atoms with E-state index >= 15 is 0 Å². The fourth-order valence-corrected chi connectivity index (χ4v) is 2.34. The number of carbonyl (C=O) groups is 3. The van der Waals surface area contributed by atoms with E-state index in [1.807, 2.05) is 0 Å². The maximum atomic E-state index is 12.2. The Balaban J connectivity index is 1.84. The van der Waals surface area contributed by atoms with E-state index in [9.17, 15) is 14.4 Å². The number of hydrazine groups is 1. The molecule has 0 spiro atoms. The van der Waals surface area contributed by atoms with Gasteiger partial charge >= 0.3 is 5.97 Å². The Hall–Kier alpha value is -2.97. The van der Waals surface area contributed by atoms with Gasteiger partial charge in [0.05, 0.1) is 19.1 Å². The van der Waals surface area contributed by atoms with E-state index in [4.69, 9.17) is 23.8 Å². The molecule has 2 aromatic rings. The van der Waals surface area contributed by atoms with Gasteiger partial charge in [-0.25, -0.2) is 4.79 Å². The van der Waals surface area contributed by atoms with Crippen LogP contribution in [0.4, 0.5) is 0 Å². The summed E-state index contributed by atoms with van der Waals surface area (Å²) in [6.45, 7) is 0. The second kappa shape index (κ2) is 9.65. The molecule has 0 aromatic heterocycles. The van der Waals surface area contributed by atoms with Crippen LogP contribution in [-0.2, 0) is 16.0 Å². The predicted molar refractivity (Wildman–Crippen MR) is 104 cm³/mol. The van der Waals surface area contributed by atoms with Gasteiger partial charge < -0.3 is 4.74 Å².